The first-order chi connectivity index (χ1) is 11.8. The molecule has 1 aromatic carbocycles. The van der Waals surface area contributed by atoms with Crippen molar-refractivity contribution in [1.82, 2.24) is 15.3 Å². The van der Waals surface area contributed by atoms with Crippen LogP contribution in [0.25, 0.3) is 10.9 Å². The molecule has 4 rings (SSSR count). The van der Waals surface area contributed by atoms with E-state index < -0.39 is 10.0 Å². The van der Waals surface area contributed by atoms with E-state index in [4.69, 9.17) is 5.14 Å². The lowest BCUT2D eigenvalue weighted by atomic mass is 9.89. The standard InChI is InChI=1S/C17H23N5O2S/c1-11-15(17(2)5-6-17)22(8-7-19-11)16-13-9-12(25(18,23)24)3-4-14(13)20-10-21-16/h3-4,9-11,15,19H,5-8H2,1-2H3,(H2,18,23,24). The van der Waals surface area contributed by atoms with E-state index in [9.17, 15) is 8.42 Å². The van der Waals surface area contributed by atoms with Gasteiger partial charge in [-0.2, -0.15) is 0 Å². The van der Waals surface area contributed by atoms with Gasteiger partial charge in [0.05, 0.1) is 16.5 Å². The molecule has 7 nitrogen and oxygen atoms in total. The van der Waals surface area contributed by atoms with Crippen molar-refractivity contribution in [3.05, 3.63) is 24.5 Å². The topological polar surface area (TPSA) is 101 Å². The SMILES string of the molecule is CC1NCCN(c2ncnc3ccc(S(N)(=O)=O)cc23)C1C1(C)CC1. The summed E-state index contributed by atoms with van der Waals surface area (Å²) in [6.07, 6.45) is 3.95. The minimum Gasteiger partial charge on any atom is -0.350 e. The van der Waals surface area contributed by atoms with Crippen LogP contribution < -0.4 is 15.4 Å². The van der Waals surface area contributed by atoms with Gasteiger partial charge in [-0.3, -0.25) is 0 Å². The molecule has 2 fully saturated rings. The quantitative estimate of drug-likeness (QED) is 0.853. The van der Waals surface area contributed by atoms with E-state index in [1.54, 1.807) is 18.5 Å². The molecule has 0 bridgehead atoms. The largest absolute Gasteiger partial charge is 0.350 e. The Balaban J connectivity index is 1.87. The van der Waals surface area contributed by atoms with Gasteiger partial charge in [-0.1, -0.05) is 6.92 Å². The van der Waals surface area contributed by atoms with E-state index in [-0.39, 0.29) is 10.3 Å². The van der Waals surface area contributed by atoms with Crippen molar-refractivity contribution in [2.45, 2.75) is 43.7 Å². The molecule has 1 aliphatic heterocycles. The molecule has 134 valence electrons. The lowest BCUT2D eigenvalue weighted by Gasteiger charge is -2.45. The van der Waals surface area contributed by atoms with Crippen molar-refractivity contribution >= 4 is 26.7 Å². The van der Waals surface area contributed by atoms with Crippen molar-refractivity contribution in [2.75, 3.05) is 18.0 Å². The van der Waals surface area contributed by atoms with Crippen LogP contribution in [0.2, 0.25) is 0 Å². The van der Waals surface area contributed by atoms with Crippen molar-refractivity contribution in [2.24, 2.45) is 10.6 Å². The molecule has 2 atom stereocenters. The average Bonchev–Trinajstić information content (AvgIpc) is 3.31. The van der Waals surface area contributed by atoms with Crippen LogP contribution in [0, 0.1) is 5.41 Å². The highest BCUT2D eigenvalue weighted by molar-refractivity contribution is 7.89. The number of aromatic nitrogens is 2. The lowest BCUT2D eigenvalue weighted by Crippen LogP contribution is -2.60. The second-order valence-electron chi connectivity index (χ2n) is 7.46. The summed E-state index contributed by atoms with van der Waals surface area (Å²) in [5, 5.41) is 9.61. The highest BCUT2D eigenvalue weighted by Crippen LogP contribution is 2.52. The third-order valence-electron chi connectivity index (χ3n) is 5.57. The summed E-state index contributed by atoms with van der Waals surface area (Å²) in [5.41, 5.74) is 0.991. The van der Waals surface area contributed by atoms with E-state index in [1.807, 2.05) is 0 Å². The van der Waals surface area contributed by atoms with Gasteiger partial charge in [-0.25, -0.2) is 23.5 Å². The highest BCUT2D eigenvalue weighted by Gasteiger charge is 2.51. The maximum absolute atomic E-state index is 11.8. The summed E-state index contributed by atoms with van der Waals surface area (Å²) < 4.78 is 23.5. The molecule has 3 N–H and O–H groups in total. The molecule has 0 spiro atoms. The molecule has 2 unspecified atom stereocenters. The third-order valence-corrected chi connectivity index (χ3v) is 6.48. The number of nitrogens with one attached hydrogen (secondary N) is 1. The zero-order valence-corrected chi connectivity index (χ0v) is 15.3. The number of nitrogens with two attached hydrogens (primary N) is 1. The Kier molecular flexibility index (Phi) is 3.75. The first-order valence-electron chi connectivity index (χ1n) is 8.57. The Hall–Kier alpha value is -1.77. The average molecular weight is 361 g/mol. The minimum absolute atomic E-state index is 0.0911. The van der Waals surface area contributed by atoms with Crippen LogP contribution in [-0.4, -0.2) is 43.6 Å². The van der Waals surface area contributed by atoms with Gasteiger partial charge in [0.1, 0.15) is 12.1 Å². The molecular formula is C17H23N5O2S. The van der Waals surface area contributed by atoms with Gasteiger partial charge in [-0.15, -0.1) is 0 Å². The number of sulfonamides is 1. The Morgan fingerprint density at radius 3 is 2.76 bits per heavy atom. The summed E-state index contributed by atoms with van der Waals surface area (Å²) >= 11 is 0. The number of hydrogen-bond acceptors (Lipinski definition) is 6. The fourth-order valence-electron chi connectivity index (χ4n) is 4.07. The van der Waals surface area contributed by atoms with Crippen molar-refractivity contribution in [3.8, 4) is 0 Å². The van der Waals surface area contributed by atoms with Crippen molar-refractivity contribution < 1.29 is 8.42 Å². The fraction of sp³-hybridized carbons (Fsp3) is 0.529. The van der Waals surface area contributed by atoms with Crippen LogP contribution in [0.15, 0.2) is 29.4 Å². The molecule has 2 aliphatic rings. The molecule has 1 saturated heterocycles. The van der Waals surface area contributed by atoms with Gasteiger partial charge in [0.15, 0.2) is 0 Å². The highest BCUT2D eigenvalue weighted by atomic mass is 32.2. The molecule has 1 aliphatic carbocycles. The number of nitrogens with zero attached hydrogens (tertiary/aromatic N) is 3. The molecule has 1 aromatic heterocycles. The number of fused-ring (bicyclic) bond motifs is 1. The summed E-state index contributed by atoms with van der Waals surface area (Å²) in [4.78, 5) is 11.2. The number of rotatable bonds is 3. The molecule has 0 amide bonds. The van der Waals surface area contributed by atoms with Crippen LogP contribution >= 0.6 is 0 Å². The molecule has 2 aromatic rings. The predicted molar refractivity (Wildman–Crippen MR) is 96.9 cm³/mol. The van der Waals surface area contributed by atoms with Crippen LogP contribution in [0.1, 0.15) is 26.7 Å². The van der Waals surface area contributed by atoms with E-state index in [1.165, 1.54) is 18.9 Å². The summed E-state index contributed by atoms with van der Waals surface area (Å²) in [5.74, 6) is 0.793. The second-order valence-corrected chi connectivity index (χ2v) is 9.02. The molecule has 8 heteroatoms. The minimum atomic E-state index is -3.77. The van der Waals surface area contributed by atoms with Gasteiger partial charge in [0, 0.05) is 24.5 Å². The maximum atomic E-state index is 11.8. The lowest BCUT2D eigenvalue weighted by molar-refractivity contribution is 0.289. The third kappa shape index (κ3) is 2.88. The number of benzene rings is 1. The van der Waals surface area contributed by atoms with Crippen LogP contribution in [0.3, 0.4) is 0 Å². The Morgan fingerprint density at radius 2 is 2.08 bits per heavy atom. The number of primary sulfonamides is 1. The summed E-state index contributed by atoms with van der Waals surface area (Å²) in [7, 11) is -3.77. The fourth-order valence-corrected chi connectivity index (χ4v) is 4.61. The summed E-state index contributed by atoms with van der Waals surface area (Å²) in [6.45, 7) is 6.22. The van der Waals surface area contributed by atoms with E-state index in [2.05, 4.69) is 34.0 Å². The Morgan fingerprint density at radius 1 is 1.32 bits per heavy atom. The van der Waals surface area contributed by atoms with Crippen LogP contribution in [-0.2, 0) is 10.0 Å². The van der Waals surface area contributed by atoms with Gasteiger partial charge in [-0.05, 0) is 43.4 Å². The van der Waals surface area contributed by atoms with Gasteiger partial charge >= 0.3 is 0 Å². The van der Waals surface area contributed by atoms with Crippen molar-refractivity contribution in [1.29, 1.82) is 0 Å². The van der Waals surface area contributed by atoms with E-state index in [0.717, 1.165) is 29.8 Å². The van der Waals surface area contributed by atoms with E-state index in [0.29, 0.717) is 12.1 Å². The molecular weight excluding hydrogens is 338 g/mol. The van der Waals surface area contributed by atoms with E-state index >= 15 is 0 Å². The molecule has 2 heterocycles. The Bertz CT molecular complexity index is 926. The zero-order chi connectivity index (χ0) is 17.8. The maximum Gasteiger partial charge on any atom is 0.238 e. The summed E-state index contributed by atoms with van der Waals surface area (Å²) in [6, 6.07) is 5.44. The zero-order valence-electron chi connectivity index (χ0n) is 14.4. The van der Waals surface area contributed by atoms with Crippen LogP contribution in [0.5, 0.6) is 0 Å². The predicted octanol–water partition coefficient (Wildman–Crippen LogP) is 1.24. The second kappa shape index (κ2) is 5.62. The monoisotopic (exact) mass is 361 g/mol. The van der Waals surface area contributed by atoms with Crippen molar-refractivity contribution in [3.63, 3.8) is 0 Å². The van der Waals surface area contributed by atoms with Crippen LogP contribution in [0.4, 0.5) is 5.82 Å². The molecule has 0 radical (unpaired) electrons. The first kappa shape index (κ1) is 16.7. The smallest absolute Gasteiger partial charge is 0.238 e. The number of anilines is 1. The van der Waals surface area contributed by atoms with Gasteiger partial charge in [0.2, 0.25) is 10.0 Å². The Labute approximate surface area is 147 Å². The first-order valence-corrected chi connectivity index (χ1v) is 10.1. The number of piperazine rings is 1. The normalized spacial score (nSPS) is 26.0. The van der Waals surface area contributed by atoms with Gasteiger partial charge < -0.3 is 10.2 Å². The number of hydrogen-bond donors (Lipinski definition) is 2. The van der Waals surface area contributed by atoms with Gasteiger partial charge in [0.25, 0.3) is 0 Å². The molecule has 25 heavy (non-hydrogen) atoms. The molecule has 1 saturated carbocycles.